The molecule has 1 aromatic carbocycles. The maximum absolute atomic E-state index is 12.4. The van der Waals surface area contributed by atoms with Crippen molar-refractivity contribution in [1.82, 2.24) is 4.90 Å². The van der Waals surface area contributed by atoms with E-state index in [0.717, 1.165) is 19.3 Å². The number of nitrogens with zero attached hydrogens (tertiary/aromatic N) is 1. The number of carbonyl (C=O) groups is 1. The van der Waals surface area contributed by atoms with Crippen LogP contribution in [-0.4, -0.2) is 17.9 Å². The predicted octanol–water partition coefficient (Wildman–Crippen LogP) is 3.83. The standard InChI is InChI=1S/C17H19NOS/c1-18(17(19)9-6-13-10-11-20-12-13)16-8-7-14-4-2-3-5-15(14)16/h2-5,10-12,16H,6-9H2,1H3. The van der Waals surface area contributed by atoms with Gasteiger partial charge in [0.1, 0.15) is 0 Å². The monoisotopic (exact) mass is 285 g/mol. The first-order valence-corrected chi connectivity index (χ1v) is 8.04. The topological polar surface area (TPSA) is 20.3 Å². The first-order valence-electron chi connectivity index (χ1n) is 7.10. The Morgan fingerprint density at radius 3 is 3.00 bits per heavy atom. The number of fused-ring (bicyclic) bond motifs is 1. The Morgan fingerprint density at radius 1 is 1.35 bits per heavy atom. The number of rotatable bonds is 4. The van der Waals surface area contributed by atoms with E-state index < -0.39 is 0 Å². The number of amides is 1. The number of hydrogen-bond donors (Lipinski definition) is 0. The third kappa shape index (κ3) is 2.63. The Hall–Kier alpha value is -1.61. The Bertz CT molecular complexity index is 591. The minimum Gasteiger partial charge on any atom is -0.339 e. The van der Waals surface area contributed by atoms with Crippen LogP contribution in [0.4, 0.5) is 0 Å². The number of thiophene rings is 1. The highest BCUT2D eigenvalue weighted by Crippen LogP contribution is 2.35. The van der Waals surface area contributed by atoms with Crippen LogP contribution < -0.4 is 0 Å². The summed E-state index contributed by atoms with van der Waals surface area (Å²) in [5.74, 6) is 0.248. The maximum Gasteiger partial charge on any atom is 0.223 e. The maximum atomic E-state index is 12.4. The summed E-state index contributed by atoms with van der Waals surface area (Å²) >= 11 is 1.69. The number of benzene rings is 1. The Morgan fingerprint density at radius 2 is 2.20 bits per heavy atom. The zero-order chi connectivity index (χ0) is 13.9. The molecular formula is C17H19NOS. The molecule has 2 nitrogen and oxygen atoms in total. The van der Waals surface area contributed by atoms with Crippen LogP contribution in [0.25, 0.3) is 0 Å². The summed E-state index contributed by atoms with van der Waals surface area (Å²) in [4.78, 5) is 14.3. The fourth-order valence-electron chi connectivity index (χ4n) is 2.97. The van der Waals surface area contributed by atoms with Gasteiger partial charge in [0, 0.05) is 13.5 Å². The molecule has 0 fully saturated rings. The second-order valence-electron chi connectivity index (χ2n) is 5.39. The fraction of sp³-hybridized carbons (Fsp3) is 0.353. The van der Waals surface area contributed by atoms with Gasteiger partial charge in [-0.05, 0) is 52.8 Å². The van der Waals surface area contributed by atoms with Crippen LogP contribution in [0.2, 0.25) is 0 Å². The highest BCUT2D eigenvalue weighted by Gasteiger charge is 2.27. The Kier molecular flexibility index (Phi) is 3.88. The van der Waals surface area contributed by atoms with Gasteiger partial charge in [-0.15, -0.1) is 0 Å². The molecule has 0 N–H and O–H groups in total. The second kappa shape index (κ2) is 5.80. The van der Waals surface area contributed by atoms with Crippen molar-refractivity contribution < 1.29 is 4.79 Å². The quantitative estimate of drug-likeness (QED) is 0.836. The average Bonchev–Trinajstić information content (AvgIpc) is 3.13. The normalized spacial score (nSPS) is 16.9. The van der Waals surface area contributed by atoms with Crippen LogP contribution in [0.5, 0.6) is 0 Å². The summed E-state index contributed by atoms with van der Waals surface area (Å²) in [5.41, 5.74) is 4.00. The van der Waals surface area contributed by atoms with Gasteiger partial charge >= 0.3 is 0 Å². The summed E-state index contributed by atoms with van der Waals surface area (Å²) in [6, 6.07) is 10.9. The molecular weight excluding hydrogens is 266 g/mol. The predicted molar refractivity (Wildman–Crippen MR) is 82.9 cm³/mol. The van der Waals surface area contributed by atoms with Gasteiger partial charge in [-0.1, -0.05) is 24.3 Å². The summed E-state index contributed by atoms with van der Waals surface area (Å²) in [7, 11) is 1.95. The molecule has 20 heavy (non-hydrogen) atoms. The molecule has 104 valence electrons. The van der Waals surface area contributed by atoms with E-state index >= 15 is 0 Å². The molecule has 0 aliphatic heterocycles. The van der Waals surface area contributed by atoms with E-state index in [1.807, 2.05) is 11.9 Å². The lowest BCUT2D eigenvalue weighted by molar-refractivity contribution is -0.132. The molecule has 1 aliphatic carbocycles. The van der Waals surface area contributed by atoms with E-state index in [1.165, 1.54) is 16.7 Å². The van der Waals surface area contributed by atoms with Crippen molar-refractivity contribution in [3.05, 3.63) is 57.8 Å². The van der Waals surface area contributed by atoms with Gasteiger partial charge < -0.3 is 4.90 Å². The average molecular weight is 285 g/mol. The van der Waals surface area contributed by atoms with E-state index in [4.69, 9.17) is 0 Å². The molecule has 0 saturated carbocycles. The van der Waals surface area contributed by atoms with Crippen LogP contribution in [0.3, 0.4) is 0 Å². The van der Waals surface area contributed by atoms with Gasteiger partial charge in [0.15, 0.2) is 0 Å². The summed E-state index contributed by atoms with van der Waals surface area (Å²) in [5, 5.41) is 4.19. The van der Waals surface area contributed by atoms with E-state index in [1.54, 1.807) is 11.3 Å². The van der Waals surface area contributed by atoms with Crippen LogP contribution in [0.15, 0.2) is 41.1 Å². The first kappa shape index (κ1) is 13.4. The summed E-state index contributed by atoms with van der Waals surface area (Å²) in [6.07, 6.45) is 3.59. The summed E-state index contributed by atoms with van der Waals surface area (Å²) in [6.45, 7) is 0. The van der Waals surface area contributed by atoms with Gasteiger partial charge in [0.05, 0.1) is 6.04 Å². The van der Waals surface area contributed by atoms with Crippen molar-refractivity contribution >= 4 is 17.2 Å². The van der Waals surface area contributed by atoms with Crippen molar-refractivity contribution in [2.24, 2.45) is 0 Å². The van der Waals surface area contributed by atoms with Gasteiger partial charge in [-0.2, -0.15) is 11.3 Å². The molecule has 0 radical (unpaired) electrons. The molecule has 1 heterocycles. The lowest BCUT2D eigenvalue weighted by Gasteiger charge is -2.25. The molecule has 3 rings (SSSR count). The molecule has 0 spiro atoms. The van der Waals surface area contributed by atoms with Gasteiger partial charge in [-0.25, -0.2) is 0 Å². The summed E-state index contributed by atoms with van der Waals surface area (Å²) < 4.78 is 0. The molecule has 1 aromatic heterocycles. The van der Waals surface area contributed by atoms with Crippen LogP contribution in [0.1, 0.15) is 35.6 Å². The zero-order valence-electron chi connectivity index (χ0n) is 11.7. The van der Waals surface area contributed by atoms with Crippen molar-refractivity contribution in [3.63, 3.8) is 0 Å². The van der Waals surface area contributed by atoms with Crippen molar-refractivity contribution in [1.29, 1.82) is 0 Å². The third-order valence-corrected chi connectivity index (χ3v) is 4.90. The molecule has 1 unspecified atom stereocenters. The third-order valence-electron chi connectivity index (χ3n) is 4.17. The van der Waals surface area contributed by atoms with E-state index in [9.17, 15) is 4.79 Å². The van der Waals surface area contributed by atoms with Crippen molar-refractivity contribution in [3.8, 4) is 0 Å². The highest BCUT2D eigenvalue weighted by atomic mass is 32.1. The molecule has 0 saturated heterocycles. The number of aryl methyl sites for hydroxylation is 2. The smallest absolute Gasteiger partial charge is 0.223 e. The minimum absolute atomic E-state index is 0.248. The number of hydrogen-bond acceptors (Lipinski definition) is 2. The molecule has 1 atom stereocenters. The highest BCUT2D eigenvalue weighted by molar-refractivity contribution is 7.07. The SMILES string of the molecule is CN(C(=O)CCc1ccsc1)C1CCc2ccccc21. The van der Waals surface area contributed by atoms with Crippen LogP contribution in [-0.2, 0) is 17.6 Å². The first-order chi connectivity index (χ1) is 9.75. The second-order valence-corrected chi connectivity index (χ2v) is 6.17. The lowest BCUT2D eigenvalue weighted by atomic mass is 10.1. The molecule has 1 aliphatic rings. The zero-order valence-corrected chi connectivity index (χ0v) is 12.5. The van der Waals surface area contributed by atoms with Gasteiger partial charge in [-0.3, -0.25) is 4.79 Å². The Labute approximate surface area is 124 Å². The minimum atomic E-state index is 0.248. The van der Waals surface area contributed by atoms with Crippen molar-refractivity contribution in [2.45, 2.75) is 31.7 Å². The molecule has 1 amide bonds. The van der Waals surface area contributed by atoms with E-state index in [0.29, 0.717) is 6.42 Å². The molecule has 3 heteroatoms. The fourth-order valence-corrected chi connectivity index (χ4v) is 3.68. The largest absolute Gasteiger partial charge is 0.339 e. The van der Waals surface area contributed by atoms with E-state index in [2.05, 4.69) is 41.1 Å². The van der Waals surface area contributed by atoms with Gasteiger partial charge in [0.25, 0.3) is 0 Å². The number of carbonyl (C=O) groups excluding carboxylic acids is 1. The van der Waals surface area contributed by atoms with Crippen LogP contribution >= 0.6 is 11.3 Å². The van der Waals surface area contributed by atoms with Crippen LogP contribution in [0, 0.1) is 0 Å². The van der Waals surface area contributed by atoms with Crippen molar-refractivity contribution in [2.75, 3.05) is 7.05 Å². The lowest BCUT2D eigenvalue weighted by Crippen LogP contribution is -2.30. The Balaban J connectivity index is 1.64. The van der Waals surface area contributed by atoms with E-state index in [-0.39, 0.29) is 11.9 Å². The molecule has 2 aromatic rings. The van der Waals surface area contributed by atoms with Gasteiger partial charge in [0.2, 0.25) is 5.91 Å². The molecule has 0 bridgehead atoms.